The molecule has 0 aliphatic carbocycles. The van der Waals surface area contributed by atoms with Gasteiger partial charge in [-0.3, -0.25) is 4.90 Å². The van der Waals surface area contributed by atoms with Gasteiger partial charge in [-0.15, -0.1) is 0 Å². The molecule has 0 spiro atoms. The van der Waals surface area contributed by atoms with E-state index in [1.54, 1.807) is 0 Å². The van der Waals surface area contributed by atoms with Crippen LogP contribution in [0, 0.1) is 0 Å². The third-order valence-corrected chi connectivity index (χ3v) is 3.87. The van der Waals surface area contributed by atoms with E-state index in [-0.39, 0.29) is 6.61 Å². The van der Waals surface area contributed by atoms with Gasteiger partial charge in [-0.1, -0.05) is 19.1 Å². The summed E-state index contributed by atoms with van der Waals surface area (Å²) in [5.41, 5.74) is 2.73. The molecule has 1 saturated heterocycles. The lowest BCUT2D eigenvalue weighted by Gasteiger charge is -2.36. The number of anilines is 1. The number of aliphatic hydroxyl groups is 1. The number of benzene rings is 1. The molecule has 1 aliphatic heterocycles. The lowest BCUT2D eigenvalue weighted by molar-refractivity contribution is 0.0724. The average molecular weight is 278 g/mol. The number of hydrogen-bond acceptors (Lipinski definition) is 4. The van der Waals surface area contributed by atoms with E-state index in [0.717, 1.165) is 39.1 Å². The first kappa shape index (κ1) is 15.3. The third-order valence-electron chi connectivity index (χ3n) is 3.87. The maximum absolute atomic E-state index is 8.66. The minimum Gasteiger partial charge on any atom is -0.394 e. The first-order valence-corrected chi connectivity index (χ1v) is 7.58. The average Bonchev–Trinajstić information content (AvgIpc) is 2.52. The minimum atomic E-state index is 0.113. The van der Waals surface area contributed by atoms with Gasteiger partial charge in [0.15, 0.2) is 0 Å². The highest BCUT2D eigenvalue weighted by Crippen LogP contribution is 2.17. The lowest BCUT2D eigenvalue weighted by atomic mass is 10.1. The van der Waals surface area contributed by atoms with Gasteiger partial charge in [0, 0.05) is 38.4 Å². The Morgan fingerprint density at radius 1 is 1.05 bits per heavy atom. The zero-order valence-electron chi connectivity index (χ0n) is 12.4. The van der Waals surface area contributed by atoms with E-state index in [2.05, 4.69) is 41.0 Å². The molecule has 0 radical (unpaired) electrons. The number of aliphatic hydroxyl groups excluding tert-OH is 1. The molecule has 0 unspecified atom stereocenters. The van der Waals surface area contributed by atoms with Gasteiger partial charge in [-0.25, -0.2) is 0 Å². The normalized spacial score (nSPS) is 16.6. The first-order valence-electron chi connectivity index (χ1n) is 7.58. The van der Waals surface area contributed by atoms with Crippen molar-refractivity contribution in [2.24, 2.45) is 0 Å². The Labute approximate surface area is 122 Å². The molecule has 1 fully saturated rings. The quantitative estimate of drug-likeness (QED) is 0.765. The van der Waals surface area contributed by atoms with Gasteiger partial charge in [-0.05, 0) is 24.1 Å². The minimum absolute atomic E-state index is 0.113. The second kappa shape index (κ2) is 8.25. The van der Waals surface area contributed by atoms with E-state index in [9.17, 15) is 0 Å². The maximum Gasteiger partial charge on any atom is 0.0698 e. The molecule has 1 heterocycles. The Hall–Kier alpha value is -1.10. The molecular weight excluding hydrogens is 252 g/mol. The molecular formula is C16H26N2O2. The maximum atomic E-state index is 8.66. The summed E-state index contributed by atoms with van der Waals surface area (Å²) < 4.78 is 5.32. The molecule has 0 saturated carbocycles. The third kappa shape index (κ3) is 4.47. The SMILES string of the molecule is CCc1ccc(N2CCN(CCOCCO)CC2)cc1. The molecule has 0 aromatic heterocycles. The molecule has 1 aromatic rings. The van der Waals surface area contributed by atoms with Crippen molar-refractivity contribution < 1.29 is 9.84 Å². The van der Waals surface area contributed by atoms with E-state index >= 15 is 0 Å². The molecule has 112 valence electrons. The number of ether oxygens (including phenoxy) is 1. The van der Waals surface area contributed by atoms with Gasteiger partial charge < -0.3 is 14.7 Å². The van der Waals surface area contributed by atoms with E-state index in [1.165, 1.54) is 11.3 Å². The number of aryl methyl sites for hydroxylation is 1. The number of piperazine rings is 1. The van der Waals surface area contributed by atoms with Crippen LogP contribution in [0.1, 0.15) is 12.5 Å². The Morgan fingerprint density at radius 2 is 1.75 bits per heavy atom. The molecule has 0 bridgehead atoms. The van der Waals surface area contributed by atoms with Crippen LogP contribution in [0.5, 0.6) is 0 Å². The van der Waals surface area contributed by atoms with Crippen LogP contribution >= 0.6 is 0 Å². The van der Waals surface area contributed by atoms with Crippen LogP contribution in [0.3, 0.4) is 0 Å². The van der Waals surface area contributed by atoms with Crippen molar-refractivity contribution in [3.05, 3.63) is 29.8 Å². The van der Waals surface area contributed by atoms with Crippen molar-refractivity contribution >= 4 is 5.69 Å². The van der Waals surface area contributed by atoms with E-state index < -0.39 is 0 Å². The summed E-state index contributed by atoms with van der Waals surface area (Å²) in [5.74, 6) is 0. The largest absolute Gasteiger partial charge is 0.394 e. The molecule has 4 heteroatoms. The van der Waals surface area contributed by atoms with Crippen molar-refractivity contribution in [2.45, 2.75) is 13.3 Å². The smallest absolute Gasteiger partial charge is 0.0698 e. The molecule has 1 aromatic carbocycles. The molecule has 4 nitrogen and oxygen atoms in total. The molecule has 0 amide bonds. The van der Waals surface area contributed by atoms with Crippen LogP contribution in [-0.2, 0) is 11.2 Å². The van der Waals surface area contributed by atoms with E-state index in [0.29, 0.717) is 13.2 Å². The van der Waals surface area contributed by atoms with E-state index in [4.69, 9.17) is 9.84 Å². The first-order chi connectivity index (χ1) is 9.83. The van der Waals surface area contributed by atoms with Crippen LogP contribution in [0.2, 0.25) is 0 Å². The number of hydrogen-bond donors (Lipinski definition) is 1. The predicted molar refractivity (Wildman–Crippen MR) is 82.4 cm³/mol. The Kier molecular flexibility index (Phi) is 6.30. The van der Waals surface area contributed by atoms with Gasteiger partial charge in [0.25, 0.3) is 0 Å². The zero-order chi connectivity index (χ0) is 14.2. The fraction of sp³-hybridized carbons (Fsp3) is 0.625. The number of nitrogens with zero attached hydrogens (tertiary/aromatic N) is 2. The zero-order valence-corrected chi connectivity index (χ0v) is 12.4. The lowest BCUT2D eigenvalue weighted by Crippen LogP contribution is -2.47. The van der Waals surface area contributed by atoms with Crippen LogP contribution in [0.4, 0.5) is 5.69 Å². The Balaban J connectivity index is 1.73. The molecule has 1 aliphatic rings. The Bertz CT molecular complexity index is 373. The topological polar surface area (TPSA) is 35.9 Å². The summed E-state index contributed by atoms with van der Waals surface area (Å²) in [6.07, 6.45) is 1.10. The van der Waals surface area contributed by atoms with Gasteiger partial charge >= 0.3 is 0 Å². The van der Waals surface area contributed by atoms with Crippen molar-refractivity contribution in [1.82, 2.24) is 4.90 Å². The van der Waals surface area contributed by atoms with Crippen LogP contribution < -0.4 is 4.90 Å². The standard InChI is InChI=1S/C16H26N2O2/c1-2-15-3-5-16(6-4-15)18-9-7-17(8-10-18)11-13-20-14-12-19/h3-6,19H,2,7-14H2,1H3. The number of rotatable bonds is 7. The summed E-state index contributed by atoms with van der Waals surface area (Å²) in [6, 6.07) is 8.92. The van der Waals surface area contributed by atoms with Gasteiger partial charge in [0.05, 0.1) is 19.8 Å². The Morgan fingerprint density at radius 3 is 2.35 bits per heavy atom. The van der Waals surface area contributed by atoms with Gasteiger partial charge in [0.2, 0.25) is 0 Å². The fourth-order valence-electron chi connectivity index (χ4n) is 2.53. The summed E-state index contributed by atoms with van der Waals surface area (Å²) in [5, 5.41) is 8.66. The summed E-state index contributed by atoms with van der Waals surface area (Å²) in [6.45, 7) is 8.74. The summed E-state index contributed by atoms with van der Waals surface area (Å²) in [7, 11) is 0. The molecule has 1 N–H and O–H groups in total. The van der Waals surface area contributed by atoms with Crippen LogP contribution in [0.15, 0.2) is 24.3 Å². The molecule has 2 rings (SSSR count). The fourth-order valence-corrected chi connectivity index (χ4v) is 2.53. The monoisotopic (exact) mass is 278 g/mol. The van der Waals surface area contributed by atoms with Gasteiger partial charge in [-0.2, -0.15) is 0 Å². The van der Waals surface area contributed by atoms with Crippen molar-refractivity contribution in [2.75, 3.05) is 57.4 Å². The van der Waals surface area contributed by atoms with Crippen LogP contribution in [-0.4, -0.2) is 62.6 Å². The predicted octanol–water partition coefficient (Wildman–Crippen LogP) is 1.38. The van der Waals surface area contributed by atoms with Crippen molar-refractivity contribution in [3.63, 3.8) is 0 Å². The van der Waals surface area contributed by atoms with Gasteiger partial charge in [0.1, 0.15) is 0 Å². The molecule has 20 heavy (non-hydrogen) atoms. The second-order valence-corrected chi connectivity index (χ2v) is 5.18. The highest BCUT2D eigenvalue weighted by atomic mass is 16.5. The highest BCUT2D eigenvalue weighted by molar-refractivity contribution is 5.48. The summed E-state index contributed by atoms with van der Waals surface area (Å²) in [4.78, 5) is 4.87. The van der Waals surface area contributed by atoms with Crippen LogP contribution in [0.25, 0.3) is 0 Å². The second-order valence-electron chi connectivity index (χ2n) is 5.18. The summed E-state index contributed by atoms with van der Waals surface area (Å²) >= 11 is 0. The van der Waals surface area contributed by atoms with Crippen molar-refractivity contribution in [1.29, 1.82) is 0 Å². The van der Waals surface area contributed by atoms with Crippen molar-refractivity contribution in [3.8, 4) is 0 Å². The van der Waals surface area contributed by atoms with E-state index in [1.807, 2.05) is 0 Å². The highest BCUT2D eigenvalue weighted by Gasteiger charge is 2.16. The molecule has 0 atom stereocenters.